The van der Waals surface area contributed by atoms with E-state index in [-0.39, 0.29) is 18.1 Å². The van der Waals surface area contributed by atoms with Crippen LogP contribution in [0, 0.1) is 6.92 Å². The van der Waals surface area contributed by atoms with Crippen molar-refractivity contribution in [3.8, 4) is 0 Å². The summed E-state index contributed by atoms with van der Waals surface area (Å²) in [5.74, 6) is 0. The second-order valence-electron chi connectivity index (χ2n) is 6.86. The third-order valence-corrected chi connectivity index (χ3v) is 5.48. The van der Waals surface area contributed by atoms with E-state index in [1.807, 2.05) is 6.92 Å². The molecule has 0 atom stereocenters. The van der Waals surface area contributed by atoms with Crippen LogP contribution in [0.15, 0.2) is 29.2 Å². The number of aryl methyl sites for hydroxylation is 1. The van der Waals surface area contributed by atoms with Gasteiger partial charge in [-0.1, -0.05) is 37.5 Å². The van der Waals surface area contributed by atoms with Gasteiger partial charge in [0, 0.05) is 6.61 Å². The van der Waals surface area contributed by atoms with E-state index in [4.69, 9.17) is 27.9 Å². The lowest BCUT2D eigenvalue weighted by molar-refractivity contribution is -0.0127. The topological polar surface area (TPSA) is 89.5 Å². The highest BCUT2D eigenvalue weighted by molar-refractivity contribution is 7.86. The molecule has 0 saturated carbocycles. The normalized spacial score (nSPS) is 11.8. The Bertz CT molecular complexity index is 633. The number of unbranched alkanes of at least 4 members (excludes halogenated alkanes) is 2. The molecule has 8 nitrogen and oxygen atoms in total. The molecule has 1 aromatic carbocycles. The van der Waals surface area contributed by atoms with E-state index in [1.54, 1.807) is 12.1 Å². The highest BCUT2D eigenvalue weighted by Gasteiger charge is 2.14. The summed E-state index contributed by atoms with van der Waals surface area (Å²) in [6, 6.07) is 6.51. The second-order valence-corrected chi connectivity index (χ2v) is 8.47. The van der Waals surface area contributed by atoms with Gasteiger partial charge in [-0.3, -0.25) is 4.18 Å². The monoisotopic (exact) mass is 462 g/mol. The van der Waals surface area contributed by atoms with Crippen molar-refractivity contribution in [2.45, 2.75) is 38.0 Å². The van der Waals surface area contributed by atoms with Crippen LogP contribution in [0.25, 0.3) is 0 Å². The number of hydrogen-bond acceptors (Lipinski definition) is 8. The minimum absolute atomic E-state index is 0.0386. The first-order chi connectivity index (χ1) is 15.1. The molecule has 31 heavy (non-hydrogen) atoms. The van der Waals surface area contributed by atoms with Gasteiger partial charge in [-0.05, 0) is 25.5 Å². The summed E-state index contributed by atoms with van der Waals surface area (Å²) in [5, 5.41) is 0. The largest absolute Gasteiger partial charge is 0.379 e. The Balaban J connectivity index is 1.82. The summed E-state index contributed by atoms with van der Waals surface area (Å²) < 4.78 is 55.9. The van der Waals surface area contributed by atoms with Crippen molar-refractivity contribution < 1.29 is 36.3 Å². The third kappa shape index (κ3) is 15.4. The van der Waals surface area contributed by atoms with Gasteiger partial charge in [-0.2, -0.15) is 8.42 Å². The predicted molar refractivity (Wildman–Crippen MR) is 118 cm³/mol. The molecule has 0 amide bonds. The Morgan fingerprint density at radius 3 is 1.48 bits per heavy atom. The molecule has 1 aromatic rings. The minimum atomic E-state index is -3.74. The molecule has 180 valence electrons. The van der Waals surface area contributed by atoms with Crippen LogP contribution in [0.5, 0.6) is 0 Å². The van der Waals surface area contributed by atoms with Crippen molar-refractivity contribution in [2.24, 2.45) is 0 Å². The first-order valence-electron chi connectivity index (χ1n) is 10.9. The minimum Gasteiger partial charge on any atom is -0.379 e. The van der Waals surface area contributed by atoms with Crippen molar-refractivity contribution in [1.29, 1.82) is 0 Å². The fraction of sp³-hybridized carbons (Fsp3) is 0.727. The first-order valence-corrected chi connectivity index (χ1v) is 12.3. The van der Waals surface area contributed by atoms with Crippen LogP contribution in [0.4, 0.5) is 0 Å². The summed E-state index contributed by atoms with van der Waals surface area (Å²) >= 11 is 0. The number of benzene rings is 1. The third-order valence-electron chi connectivity index (χ3n) is 4.16. The van der Waals surface area contributed by atoms with Crippen LogP contribution >= 0.6 is 0 Å². The molecule has 0 fully saturated rings. The molecular formula is C22H38O8S. The Kier molecular flexibility index (Phi) is 16.7. The predicted octanol–water partition coefficient (Wildman–Crippen LogP) is 2.97. The van der Waals surface area contributed by atoms with Gasteiger partial charge in [0.2, 0.25) is 0 Å². The fourth-order valence-electron chi connectivity index (χ4n) is 2.41. The van der Waals surface area contributed by atoms with Crippen LogP contribution in [0.1, 0.15) is 31.7 Å². The average Bonchev–Trinajstić information content (AvgIpc) is 2.75. The zero-order valence-corrected chi connectivity index (χ0v) is 19.7. The molecule has 0 aliphatic rings. The highest BCUT2D eigenvalue weighted by Crippen LogP contribution is 2.12. The van der Waals surface area contributed by atoms with Gasteiger partial charge in [0.15, 0.2) is 0 Å². The Morgan fingerprint density at radius 1 is 0.613 bits per heavy atom. The second kappa shape index (κ2) is 18.5. The van der Waals surface area contributed by atoms with E-state index in [0.29, 0.717) is 52.9 Å². The smallest absolute Gasteiger partial charge is 0.297 e. The van der Waals surface area contributed by atoms with Crippen molar-refractivity contribution in [1.82, 2.24) is 0 Å². The van der Waals surface area contributed by atoms with E-state index in [2.05, 4.69) is 6.92 Å². The van der Waals surface area contributed by atoms with Crippen LogP contribution in [0.2, 0.25) is 0 Å². The maximum atomic E-state index is 12.0. The molecular weight excluding hydrogens is 424 g/mol. The summed E-state index contributed by atoms with van der Waals surface area (Å²) in [4.78, 5) is 0.141. The lowest BCUT2D eigenvalue weighted by Crippen LogP contribution is -2.15. The van der Waals surface area contributed by atoms with Crippen LogP contribution < -0.4 is 0 Å². The van der Waals surface area contributed by atoms with E-state index < -0.39 is 10.1 Å². The van der Waals surface area contributed by atoms with Crippen molar-refractivity contribution in [2.75, 3.05) is 72.7 Å². The molecule has 0 bridgehead atoms. The van der Waals surface area contributed by atoms with Crippen molar-refractivity contribution in [3.63, 3.8) is 0 Å². The van der Waals surface area contributed by atoms with Crippen molar-refractivity contribution in [3.05, 3.63) is 29.8 Å². The van der Waals surface area contributed by atoms with Crippen LogP contribution in [-0.4, -0.2) is 81.1 Å². The molecule has 0 radical (unpaired) electrons. The maximum absolute atomic E-state index is 12.0. The number of hydrogen-bond donors (Lipinski definition) is 0. The van der Waals surface area contributed by atoms with Crippen LogP contribution in [-0.2, 0) is 38.0 Å². The molecule has 0 spiro atoms. The van der Waals surface area contributed by atoms with Gasteiger partial charge in [0.25, 0.3) is 10.1 Å². The van der Waals surface area contributed by atoms with Gasteiger partial charge in [-0.25, -0.2) is 0 Å². The Hall–Kier alpha value is -1.07. The van der Waals surface area contributed by atoms with Crippen molar-refractivity contribution >= 4 is 10.1 Å². The van der Waals surface area contributed by atoms with Gasteiger partial charge in [-0.15, -0.1) is 0 Å². The van der Waals surface area contributed by atoms with Gasteiger partial charge >= 0.3 is 0 Å². The van der Waals surface area contributed by atoms with Gasteiger partial charge in [0.05, 0.1) is 71.0 Å². The summed E-state index contributed by atoms with van der Waals surface area (Å²) in [6.07, 6.45) is 3.51. The highest BCUT2D eigenvalue weighted by atomic mass is 32.2. The molecule has 0 N–H and O–H groups in total. The lowest BCUT2D eigenvalue weighted by atomic mass is 10.2. The van der Waals surface area contributed by atoms with Crippen LogP contribution in [0.3, 0.4) is 0 Å². The molecule has 0 saturated heterocycles. The van der Waals surface area contributed by atoms with Gasteiger partial charge < -0.3 is 23.7 Å². The summed E-state index contributed by atoms with van der Waals surface area (Å²) in [7, 11) is -3.74. The molecule has 0 aromatic heterocycles. The SMILES string of the molecule is CCCCCOCCOCCOCCOCCOCCOS(=O)(=O)c1ccc(C)cc1. The van der Waals surface area contributed by atoms with E-state index in [0.717, 1.165) is 18.6 Å². The zero-order chi connectivity index (χ0) is 22.6. The maximum Gasteiger partial charge on any atom is 0.297 e. The Labute approximate surface area is 187 Å². The lowest BCUT2D eigenvalue weighted by Gasteiger charge is -2.08. The van der Waals surface area contributed by atoms with E-state index in [1.165, 1.54) is 25.0 Å². The first kappa shape index (κ1) is 28.0. The fourth-order valence-corrected chi connectivity index (χ4v) is 3.30. The van der Waals surface area contributed by atoms with E-state index in [9.17, 15) is 8.42 Å². The van der Waals surface area contributed by atoms with E-state index >= 15 is 0 Å². The molecule has 1 rings (SSSR count). The Morgan fingerprint density at radius 2 is 1.03 bits per heavy atom. The molecule has 0 unspecified atom stereocenters. The molecule has 9 heteroatoms. The quantitative estimate of drug-likeness (QED) is 0.203. The average molecular weight is 463 g/mol. The zero-order valence-electron chi connectivity index (χ0n) is 18.9. The summed E-state index contributed by atoms with van der Waals surface area (Å²) in [5.41, 5.74) is 0.986. The number of ether oxygens (including phenoxy) is 5. The molecule has 0 aliphatic heterocycles. The molecule has 0 aliphatic carbocycles. The number of rotatable bonds is 21. The standard InChI is InChI=1S/C22H38O8S/c1-3-4-5-10-25-11-12-26-13-14-27-15-16-28-17-18-29-19-20-30-31(23,24)22-8-6-21(2)7-9-22/h6-9H,3-5,10-20H2,1-2H3. The summed E-state index contributed by atoms with van der Waals surface area (Å²) in [6.45, 7) is 8.95. The molecule has 0 heterocycles. The van der Waals surface area contributed by atoms with Gasteiger partial charge in [0.1, 0.15) is 0 Å².